The summed E-state index contributed by atoms with van der Waals surface area (Å²) in [5.41, 5.74) is 3.62. The summed E-state index contributed by atoms with van der Waals surface area (Å²) < 4.78 is 5.73. The highest BCUT2D eigenvalue weighted by Crippen LogP contribution is 2.16. The largest absolute Gasteiger partial charge is 0.475 e. The van der Waals surface area contributed by atoms with E-state index in [0.29, 0.717) is 6.61 Å². The smallest absolute Gasteiger partial charge is 0.216 e. The molecule has 0 saturated heterocycles. The Kier molecular flexibility index (Phi) is 3.32. The van der Waals surface area contributed by atoms with Gasteiger partial charge in [-0.05, 0) is 31.0 Å². The minimum Gasteiger partial charge on any atom is -0.475 e. The van der Waals surface area contributed by atoms with Crippen LogP contribution in [0.2, 0.25) is 0 Å². The molecule has 1 heterocycles. The van der Waals surface area contributed by atoms with Crippen molar-refractivity contribution >= 4 is 5.90 Å². The SMILES string of the molecule is Cc1cccc(C2=N[C@@H](Cc3ccccc3)CO2)c1. The highest BCUT2D eigenvalue weighted by Gasteiger charge is 2.20. The lowest BCUT2D eigenvalue weighted by molar-refractivity contribution is 0.317. The van der Waals surface area contributed by atoms with Crippen molar-refractivity contribution in [3.05, 3.63) is 71.3 Å². The fourth-order valence-electron chi connectivity index (χ4n) is 2.34. The number of benzene rings is 2. The van der Waals surface area contributed by atoms with Crippen molar-refractivity contribution in [2.75, 3.05) is 6.61 Å². The van der Waals surface area contributed by atoms with Crippen LogP contribution >= 0.6 is 0 Å². The van der Waals surface area contributed by atoms with Gasteiger partial charge in [0.25, 0.3) is 0 Å². The fraction of sp³-hybridized carbons (Fsp3) is 0.235. The first-order valence-electron chi connectivity index (χ1n) is 6.63. The molecule has 1 atom stereocenters. The van der Waals surface area contributed by atoms with Gasteiger partial charge in [-0.3, -0.25) is 0 Å². The molecule has 0 unspecified atom stereocenters. The molecule has 2 heteroatoms. The van der Waals surface area contributed by atoms with E-state index < -0.39 is 0 Å². The third-order valence-electron chi connectivity index (χ3n) is 3.29. The highest BCUT2D eigenvalue weighted by atomic mass is 16.5. The zero-order chi connectivity index (χ0) is 13.1. The molecular weight excluding hydrogens is 234 g/mol. The Labute approximate surface area is 113 Å². The Morgan fingerprint density at radius 1 is 1.11 bits per heavy atom. The van der Waals surface area contributed by atoms with Gasteiger partial charge < -0.3 is 4.74 Å². The molecule has 96 valence electrons. The van der Waals surface area contributed by atoms with Gasteiger partial charge in [0.2, 0.25) is 5.90 Å². The van der Waals surface area contributed by atoms with Crippen LogP contribution in [0.4, 0.5) is 0 Å². The molecule has 19 heavy (non-hydrogen) atoms. The van der Waals surface area contributed by atoms with Crippen LogP contribution in [0, 0.1) is 6.92 Å². The van der Waals surface area contributed by atoms with E-state index in [0.717, 1.165) is 17.9 Å². The van der Waals surface area contributed by atoms with Gasteiger partial charge in [0.1, 0.15) is 6.61 Å². The lowest BCUT2D eigenvalue weighted by Gasteiger charge is -2.04. The van der Waals surface area contributed by atoms with Gasteiger partial charge in [-0.15, -0.1) is 0 Å². The van der Waals surface area contributed by atoms with E-state index >= 15 is 0 Å². The van der Waals surface area contributed by atoms with Crippen LogP contribution in [-0.2, 0) is 11.2 Å². The second kappa shape index (κ2) is 5.27. The zero-order valence-corrected chi connectivity index (χ0v) is 11.0. The molecule has 0 aliphatic carbocycles. The average Bonchev–Trinajstić information content (AvgIpc) is 2.88. The van der Waals surface area contributed by atoms with Gasteiger partial charge in [0.15, 0.2) is 0 Å². The molecule has 2 aromatic rings. The van der Waals surface area contributed by atoms with E-state index in [1.807, 2.05) is 12.1 Å². The van der Waals surface area contributed by atoms with E-state index in [1.54, 1.807) is 0 Å². The summed E-state index contributed by atoms with van der Waals surface area (Å²) in [5, 5.41) is 0. The van der Waals surface area contributed by atoms with Crippen molar-refractivity contribution in [1.29, 1.82) is 0 Å². The Morgan fingerprint density at radius 3 is 2.74 bits per heavy atom. The van der Waals surface area contributed by atoms with E-state index in [2.05, 4.69) is 54.4 Å². The second-order valence-corrected chi connectivity index (χ2v) is 4.96. The Balaban J connectivity index is 1.74. The van der Waals surface area contributed by atoms with Crippen LogP contribution in [-0.4, -0.2) is 18.5 Å². The molecule has 0 radical (unpaired) electrons. The maximum absolute atomic E-state index is 5.73. The number of aryl methyl sites for hydroxylation is 1. The number of aliphatic imine (C=N–C) groups is 1. The third-order valence-corrected chi connectivity index (χ3v) is 3.29. The minimum atomic E-state index is 0.234. The van der Waals surface area contributed by atoms with Gasteiger partial charge >= 0.3 is 0 Å². The second-order valence-electron chi connectivity index (χ2n) is 4.96. The summed E-state index contributed by atoms with van der Waals surface area (Å²) in [6.07, 6.45) is 0.941. The van der Waals surface area contributed by atoms with Crippen molar-refractivity contribution in [1.82, 2.24) is 0 Å². The quantitative estimate of drug-likeness (QED) is 0.819. The van der Waals surface area contributed by atoms with Gasteiger partial charge in [-0.2, -0.15) is 0 Å². The number of ether oxygens (including phenoxy) is 1. The molecule has 0 fully saturated rings. The molecule has 3 rings (SSSR count). The molecule has 0 amide bonds. The van der Waals surface area contributed by atoms with Gasteiger partial charge in [-0.25, -0.2) is 4.99 Å². The zero-order valence-electron chi connectivity index (χ0n) is 11.0. The number of nitrogens with zero attached hydrogens (tertiary/aromatic N) is 1. The van der Waals surface area contributed by atoms with Crippen molar-refractivity contribution in [2.45, 2.75) is 19.4 Å². The minimum absolute atomic E-state index is 0.234. The maximum Gasteiger partial charge on any atom is 0.216 e. The normalized spacial score (nSPS) is 17.9. The lowest BCUT2D eigenvalue weighted by Crippen LogP contribution is -2.09. The van der Waals surface area contributed by atoms with Gasteiger partial charge in [0.05, 0.1) is 6.04 Å². The van der Waals surface area contributed by atoms with Crippen molar-refractivity contribution < 1.29 is 4.74 Å². The van der Waals surface area contributed by atoms with Crippen molar-refractivity contribution in [2.24, 2.45) is 4.99 Å². The first kappa shape index (κ1) is 12.0. The van der Waals surface area contributed by atoms with Crippen LogP contribution in [0.3, 0.4) is 0 Å². The Morgan fingerprint density at radius 2 is 1.95 bits per heavy atom. The average molecular weight is 251 g/mol. The van der Waals surface area contributed by atoms with Crippen LogP contribution in [0.15, 0.2) is 59.6 Å². The van der Waals surface area contributed by atoms with E-state index in [1.165, 1.54) is 11.1 Å². The van der Waals surface area contributed by atoms with Crippen LogP contribution in [0.5, 0.6) is 0 Å². The van der Waals surface area contributed by atoms with E-state index in [9.17, 15) is 0 Å². The molecule has 2 nitrogen and oxygen atoms in total. The molecule has 2 aromatic carbocycles. The molecule has 0 N–H and O–H groups in total. The predicted molar refractivity (Wildman–Crippen MR) is 77.6 cm³/mol. The van der Waals surface area contributed by atoms with Gasteiger partial charge in [0, 0.05) is 5.56 Å². The summed E-state index contributed by atoms with van der Waals surface area (Å²) in [7, 11) is 0. The third kappa shape index (κ3) is 2.84. The topological polar surface area (TPSA) is 21.6 Å². The summed E-state index contributed by atoms with van der Waals surface area (Å²) in [6.45, 7) is 2.76. The van der Waals surface area contributed by atoms with Crippen LogP contribution in [0.1, 0.15) is 16.7 Å². The Hall–Kier alpha value is -2.09. The molecule has 1 aliphatic rings. The molecule has 0 bridgehead atoms. The number of rotatable bonds is 3. The summed E-state index contributed by atoms with van der Waals surface area (Å²) in [4.78, 5) is 4.69. The molecule has 0 aromatic heterocycles. The van der Waals surface area contributed by atoms with E-state index in [-0.39, 0.29) is 6.04 Å². The number of hydrogen-bond donors (Lipinski definition) is 0. The van der Waals surface area contributed by atoms with E-state index in [4.69, 9.17) is 4.74 Å². The monoisotopic (exact) mass is 251 g/mol. The highest BCUT2D eigenvalue weighted by molar-refractivity contribution is 5.95. The first-order valence-corrected chi connectivity index (χ1v) is 6.63. The maximum atomic E-state index is 5.73. The van der Waals surface area contributed by atoms with Crippen LogP contribution in [0.25, 0.3) is 0 Å². The summed E-state index contributed by atoms with van der Waals surface area (Å²) in [5.74, 6) is 0.782. The fourth-order valence-corrected chi connectivity index (χ4v) is 2.34. The molecule has 1 aliphatic heterocycles. The standard InChI is InChI=1S/C17H17NO/c1-13-6-5-9-15(10-13)17-18-16(12-19-17)11-14-7-3-2-4-8-14/h2-10,16H,11-12H2,1H3/t16-/m0/s1. The molecular formula is C17H17NO. The first-order chi connectivity index (χ1) is 9.31. The lowest BCUT2D eigenvalue weighted by atomic mass is 10.1. The Bertz CT molecular complexity index is 589. The summed E-state index contributed by atoms with van der Waals surface area (Å²) >= 11 is 0. The van der Waals surface area contributed by atoms with Gasteiger partial charge in [-0.1, -0.05) is 48.0 Å². The summed E-state index contributed by atoms with van der Waals surface area (Å²) in [6, 6.07) is 19.0. The van der Waals surface area contributed by atoms with Crippen molar-refractivity contribution in [3.8, 4) is 0 Å². The molecule has 0 saturated carbocycles. The van der Waals surface area contributed by atoms with Crippen molar-refractivity contribution in [3.63, 3.8) is 0 Å². The molecule has 0 spiro atoms. The number of hydrogen-bond acceptors (Lipinski definition) is 2. The van der Waals surface area contributed by atoms with Crippen LogP contribution < -0.4 is 0 Å². The predicted octanol–water partition coefficient (Wildman–Crippen LogP) is 3.38.